The minimum absolute atomic E-state index is 0.0443. The third-order valence-electron chi connectivity index (χ3n) is 4.07. The maximum absolute atomic E-state index is 9.64. The molecule has 108 valence electrons. The molecule has 6 N–H and O–H groups in total. The molecule has 3 rings (SSSR count). The minimum atomic E-state index is -0.0443. The molecule has 1 aliphatic rings. The summed E-state index contributed by atoms with van der Waals surface area (Å²) in [5.41, 5.74) is 3.02. The Morgan fingerprint density at radius 1 is 1.35 bits per heavy atom. The molecule has 1 aliphatic carbocycles. The minimum Gasteiger partial charge on any atom is -0.396 e. The predicted molar refractivity (Wildman–Crippen MR) is 76.0 cm³/mol. The number of nitrogens with one attached hydrogen (secondary N) is 3. The Hall–Kier alpha value is -1.93. The highest BCUT2D eigenvalue weighted by Crippen LogP contribution is 2.37. The molecule has 0 bridgehead atoms. The number of fused-ring (bicyclic) bond motifs is 1. The number of hydrazine groups is 1. The van der Waals surface area contributed by atoms with Crippen LogP contribution in [0.2, 0.25) is 0 Å². The number of anilines is 2. The van der Waals surface area contributed by atoms with Gasteiger partial charge >= 0.3 is 0 Å². The highest BCUT2D eigenvalue weighted by atomic mass is 16.3. The van der Waals surface area contributed by atoms with Crippen molar-refractivity contribution in [1.82, 2.24) is 20.2 Å². The van der Waals surface area contributed by atoms with Gasteiger partial charge in [-0.2, -0.15) is 15.1 Å². The van der Waals surface area contributed by atoms with Crippen molar-refractivity contribution in [3.05, 3.63) is 6.20 Å². The number of aliphatic hydroxyl groups excluding tert-OH is 1. The molecule has 0 aromatic carbocycles. The van der Waals surface area contributed by atoms with Crippen LogP contribution in [0.25, 0.3) is 11.0 Å². The molecule has 0 spiro atoms. The second-order valence-corrected chi connectivity index (χ2v) is 5.39. The van der Waals surface area contributed by atoms with Crippen molar-refractivity contribution >= 4 is 22.8 Å². The number of aliphatic hydroxyl groups is 1. The van der Waals surface area contributed by atoms with Crippen molar-refractivity contribution < 1.29 is 5.11 Å². The van der Waals surface area contributed by atoms with Gasteiger partial charge in [0, 0.05) is 12.0 Å². The van der Waals surface area contributed by atoms with Crippen molar-refractivity contribution in [1.29, 1.82) is 0 Å². The normalized spacial score (nSPS) is 17.5. The molecule has 0 amide bonds. The van der Waals surface area contributed by atoms with Gasteiger partial charge in [-0.1, -0.05) is 12.8 Å². The highest BCUT2D eigenvalue weighted by molar-refractivity contribution is 5.86. The number of H-pyrrole nitrogens is 1. The van der Waals surface area contributed by atoms with Crippen LogP contribution >= 0.6 is 0 Å². The molecule has 8 heteroatoms. The second kappa shape index (κ2) is 5.22. The summed E-state index contributed by atoms with van der Waals surface area (Å²) in [4.78, 5) is 8.49. The van der Waals surface area contributed by atoms with Gasteiger partial charge in [-0.05, 0) is 12.8 Å². The van der Waals surface area contributed by atoms with E-state index in [9.17, 15) is 5.11 Å². The van der Waals surface area contributed by atoms with Crippen molar-refractivity contribution in [3.63, 3.8) is 0 Å². The van der Waals surface area contributed by atoms with E-state index in [0.717, 1.165) is 18.2 Å². The molecule has 0 unspecified atom stereocenters. The Kier molecular flexibility index (Phi) is 3.41. The standard InChI is InChI=1S/C12H19N7O/c13-18-11-16-9(8-5-15-19-10(8)17-11)14-6-12(7-20)3-1-2-4-12/h5,20H,1-4,6-7,13H2,(H3,14,15,16,17,18,19). The van der Waals surface area contributed by atoms with E-state index in [1.54, 1.807) is 6.20 Å². The van der Waals surface area contributed by atoms with Crippen molar-refractivity contribution in [3.8, 4) is 0 Å². The van der Waals surface area contributed by atoms with Gasteiger partial charge in [-0.3, -0.25) is 10.5 Å². The molecule has 0 aliphatic heterocycles. The van der Waals surface area contributed by atoms with Gasteiger partial charge in [0.15, 0.2) is 5.65 Å². The lowest BCUT2D eigenvalue weighted by Crippen LogP contribution is -2.31. The molecule has 2 aromatic rings. The number of nitrogens with zero attached hydrogens (tertiary/aromatic N) is 3. The summed E-state index contributed by atoms with van der Waals surface area (Å²) in [7, 11) is 0. The van der Waals surface area contributed by atoms with Crippen LogP contribution in [0.15, 0.2) is 6.20 Å². The van der Waals surface area contributed by atoms with E-state index in [4.69, 9.17) is 5.84 Å². The number of nitrogens with two attached hydrogens (primary N) is 1. The van der Waals surface area contributed by atoms with E-state index < -0.39 is 0 Å². The number of hydrogen-bond donors (Lipinski definition) is 5. The van der Waals surface area contributed by atoms with E-state index in [2.05, 4.69) is 30.9 Å². The topological polar surface area (TPSA) is 125 Å². The number of aromatic amines is 1. The molecular formula is C12H19N7O. The molecule has 0 radical (unpaired) electrons. The predicted octanol–water partition coefficient (Wildman–Crippen LogP) is 0.603. The SMILES string of the molecule is NNc1nc(NCC2(CO)CCCC2)c2cn[nH]c2n1. The average molecular weight is 277 g/mol. The Morgan fingerprint density at radius 3 is 2.85 bits per heavy atom. The Morgan fingerprint density at radius 2 is 2.15 bits per heavy atom. The molecular weight excluding hydrogens is 258 g/mol. The number of nitrogen functional groups attached to an aromatic ring is 1. The summed E-state index contributed by atoms with van der Waals surface area (Å²) < 4.78 is 0. The zero-order chi connectivity index (χ0) is 14.0. The molecule has 2 heterocycles. The fourth-order valence-electron chi connectivity index (χ4n) is 2.82. The fourth-order valence-corrected chi connectivity index (χ4v) is 2.82. The second-order valence-electron chi connectivity index (χ2n) is 5.39. The third-order valence-corrected chi connectivity index (χ3v) is 4.07. The van der Waals surface area contributed by atoms with Gasteiger partial charge in [0.1, 0.15) is 5.82 Å². The zero-order valence-electron chi connectivity index (χ0n) is 11.2. The quantitative estimate of drug-likeness (QED) is 0.400. The van der Waals surface area contributed by atoms with Crippen LogP contribution in [-0.4, -0.2) is 38.4 Å². The van der Waals surface area contributed by atoms with Gasteiger partial charge in [0.25, 0.3) is 0 Å². The first-order valence-corrected chi connectivity index (χ1v) is 6.79. The summed E-state index contributed by atoms with van der Waals surface area (Å²) in [5.74, 6) is 6.38. The van der Waals surface area contributed by atoms with Crippen molar-refractivity contribution in [2.75, 3.05) is 23.9 Å². The van der Waals surface area contributed by atoms with Crippen LogP contribution in [0, 0.1) is 5.41 Å². The van der Waals surface area contributed by atoms with E-state index in [-0.39, 0.29) is 12.0 Å². The van der Waals surface area contributed by atoms with Gasteiger partial charge in [-0.15, -0.1) is 0 Å². The molecule has 20 heavy (non-hydrogen) atoms. The van der Waals surface area contributed by atoms with E-state index in [1.165, 1.54) is 12.8 Å². The first-order chi connectivity index (χ1) is 9.76. The van der Waals surface area contributed by atoms with Crippen LogP contribution in [0.4, 0.5) is 11.8 Å². The summed E-state index contributed by atoms with van der Waals surface area (Å²) in [6, 6.07) is 0. The first kappa shape index (κ1) is 13.1. The maximum Gasteiger partial charge on any atom is 0.241 e. The Bertz CT molecular complexity index is 591. The molecule has 0 saturated heterocycles. The van der Waals surface area contributed by atoms with Gasteiger partial charge in [0.05, 0.1) is 18.2 Å². The maximum atomic E-state index is 9.64. The lowest BCUT2D eigenvalue weighted by atomic mass is 9.87. The number of hydrogen-bond acceptors (Lipinski definition) is 7. The highest BCUT2D eigenvalue weighted by Gasteiger charge is 2.33. The molecule has 0 atom stereocenters. The van der Waals surface area contributed by atoms with Crippen LogP contribution in [0.5, 0.6) is 0 Å². The summed E-state index contributed by atoms with van der Waals surface area (Å²) in [5, 5.41) is 20.5. The first-order valence-electron chi connectivity index (χ1n) is 6.79. The monoisotopic (exact) mass is 277 g/mol. The Labute approximate surface area is 116 Å². The molecule has 8 nitrogen and oxygen atoms in total. The van der Waals surface area contributed by atoms with E-state index >= 15 is 0 Å². The molecule has 1 saturated carbocycles. The van der Waals surface area contributed by atoms with Gasteiger partial charge < -0.3 is 10.4 Å². The average Bonchev–Trinajstić information content (AvgIpc) is 3.14. The van der Waals surface area contributed by atoms with Gasteiger partial charge in [-0.25, -0.2) is 5.84 Å². The Balaban J connectivity index is 1.84. The number of rotatable bonds is 5. The lowest BCUT2D eigenvalue weighted by molar-refractivity contribution is 0.142. The van der Waals surface area contributed by atoms with Crippen molar-refractivity contribution in [2.24, 2.45) is 11.3 Å². The zero-order valence-corrected chi connectivity index (χ0v) is 11.2. The third kappa shape index (κ3) is 2.27. The summed E-state index contributed by atoms with van der Waals surface area (Å²) in [6.45, 7) is 0.881. The van der Waals surface area contributed by atoms with Gasteiger partial charge in [0.2, 0.25) is 5.95 Å². The smallest absolute Gasteiger partial charge is 0.241 e. The fraction of sp³-hybridized carbons (Fsp3) is 0.583. The van der Waals surface area contributed by atoms with E-state index in [1.807, 2.05) is 0 Å². The van der Waals surface area contributed by atoms with Crippen LogP contribution in [0.3, 0.4) is 0 Å². The van der Waals surface area contributed by atoms with Crippen molar-refractivity contribution in [2.45, 2.75) is 25.7 Å². The van der Waals surface area contributed by atoms with Crippen LogP contribution < -0.4 is 16.6 Å². The van der Waals surface area contributed by atoms with Crippen LogP contribution in [0.1, 0.15) is 25.7 Å². The lowest BCUT2D eigenvalue weighted by Gasteiger charge is -2.27. The van der Waals surface area contributed by atoms with E-state index in [0.29, 0.717) is 24.0 Å². The number of aromatic nitrogens is 4. The summed E-state index contributed by atoms with van der Waals surface area (Å²) in [6.07, 6.45) is 6.10. The molecule has 2 aromatic heterocycles. The summed E-state index contributed by atoms with van der Waals surface area (Å²) >= 11 is 0. The molecule has 1 fully saturated rings. The van der Waals surface area contributed by atoms with Crippen LogP contribution in [-0.2, 0) is 0 Å². The largest absolute Gasteiger partial charge is 0.396 e.